The molecule has 0 radical (unpaired) electrons. The van der Waals surface area contributed by atoms with Crippen molar-refractivity contribution in [3.63, 3.8) is 0 Å². The number of rotatable bonds is 7. The molecule has 2 N–H and O–H groups in total. The summed E-state index contributed by atoms with van der Waals surface area (Å²) in [6, 6.07) is 13.2. The fourth-order valence-electron chi connectivity index (χ4n) is 1.98. The summed E-state index contributed by atoms with van der Waals surface area (Å²) in [7, 11) is -3.65. The van der Waals surface area contributed by atoms with Crippen molar-refractivity contribution in [3.05, 3.63) is 70.9 Å². The highest BCUT2D eigenvalue weighted by molar-refractivity contribution is 7.92. The molecule has 5 nitrogen and oxygen atoms in total. The topological polar surface area (TPSA) is 75.3 Å². The molecule has 0 fully saturated rings. The van der Waals surface area contributed by atoms with Crippen LogP contribution >= 0.6 is 0 Å². The number of hydrogen-bond acceptors (Lipinski definition) is 3. The number of aryl methyl sites for hydroxylation is 1. The molecule has 0 heterocycles. The van der Waals surface area contributed by atoms with Gasteiger partial charge in [0.2, 0.25) is 15.9 Å². The summed E-state index contributed by atoms with van der Waals surface area (Å²) in [5, 5.41) is 3.44. The summed E-state index contributed by atoms with van der Waals surface area (Å²) in [6.07, 6.45) is 1.37. The lowest BCUT2D eigenvalue weighted by Crippen LogP contribution is -2.26. The highest BCUT2D eigenvalue weighted by atomic mass is 32.2. The number of carbonyl (C=O) groups excluding carboxylic acids is 1. The Bertz CT molecular complexity index is 862. The van der Waals surface area contributed by atoms with E-state index in [-0.39, 0.29) is 18.7 Å². The molecule has 0 aliphatic carbocycles. The van der Waals surface area contributed by atoms with Gasteiger partial charge in [0.05, 0.1) is 5.69 Å². The number of anilines is 1. The van der Waals surface area contributed by atoms with Crippen molar-refractivity contribution >= 4 is 27.7 Å². The average Bonchev–Trinajstić information content (AvgIpc) is 2.56. The zero-order valence-electron chi connectivity index (χ0n) is 13.7. The lowest BCUT2D eigenvalue weighted by Gasteiger charge is -2.06. The second kappa shape index (κ2) is 8.55. The van der Waals surface area contributed by atoms with Crippen molar-refractivity contribution in [2.24, 2.45) is 0 Å². The number of halogens is 1. The average molecular weight is 362 g/mol. The molecule has 132 valence electrons. The summed E-state index contributed by atoms with van der Waals surface area (Å²) in [5.41, 5.74) is 1.90. The molecule has 2 aromatic rings. The lowest BCUT2D eigenvalue weighted by atomic mass is 10.2. The van der Waals surface area contributed by atoms with Gasteiger partial charge in [0.15, 0.2) is 0 Å². The molecule has 2 aromatic carbocycles. The highest BCUT2D eigenvalue weighted by Crippen LogP contribution is 2.12. The molecule has 25 heavy (non-hydrogen) atoms. The number of hydrogen-bond donors (Lipinski definition) is 2. The predicted molar refractivity (Wildman–Crippen MR) is 96.8 cm³/mol. The number of para-hydroxylation sites is 1. The first-order valence-electron chi connectivity index (χ1n) is 7.64. The van der Waals surface area contributed by atoms with Gasteiger partial charge in [0.25, 0.3) is 0 Å². The minimum Gasteiger partial charge on any atom is -0.324 e. The molecule has 0 saturated heterocycles. The van der Waals surface area contributed by atoms with Crippen LogP contribution in [0.4, 0.5) is 10.1 Å². The van der Waals surface area contributed by atoms with E-state index in [1.807, 2.05) is 31.2 Å². The van der Waals surface area contributed by atoms with Crippen molar-refractivity contribution in [1.82, 2.24) is 4.72 Å². The van der Waals surface area contributed by atoms with E-state index in [4.69, 9.17) is 0 Å². The molecular formula is C18H19FN2O3S. The van der Waals surface area contributed by atoms with E-state index in [2.05, 4.69) is 10.0 Å². The number of carbonyl (C=O) groups is 1. The third-order valence-electron chi connectivity index (χ3n) is 3.32. The first kappa shape index (κ1) is 18.8. The maximum atomic E-state index is 13.4. The van der Waals surface area contributed by atoms with Crippen LogP contribution in [0.5, 0.6) is 0 Å². The fraction of sp³-hybridized carbons (Fsp3) is 0.167. The lowest BCUT2D eigenvalue weighted by molar-refractivity contribution is -0.116. The summed E-state index contributed by atoms with van der Waals surface area (Å²) >= 11 is 0. The van der Waals surface area contributed by atoms with Gasteiger partial charge in [-0.3, -0.25) is 4.79 Å². The van der Waals surface area contributed by atoms with Gasteiger partial charge in [-0.1, -0.05) is 42.0 Å². The molecular weight excluding hydrogens is 343 g/mol. The number of sulfonamides is 1. The van der Waals surface area contributed by atoms with E-state index in [1.165, 1.54) is 24.3 Å². The fourth-order valence-corrected chi connectivity index (χ4v) is 2.80. The quantitative estimate of drug-likeness (QED) is 0.795. The molecule has 7 heteroatoms. The summed E-state index contributed by atoms with van der Waals surface area (Å²) in [6.45, 7) is 1.86. The number of benzene rings is 2. The van der Waals surface area contributed by atoms with E-state index in [0.717, 1.165) is 16.5 Å². The molecule has 0 bridgehead atoms. The smallest absolute Gasteiger partial charge is 0.233 e. The van der Waals surface area contributed by atoms with E-state index in [9.17, 15) is 17.6 Å². The third kappa shape index (κ3) is 6.48. The normalized spacial score (nSPS) is 11.6. The summed E-state index contributed by atoms with van der Waals surface area (Å²) in [5.74, 6) is -1.02. The second-order valence-electron chi connectivity index (χ2n) is 5.43. The number of nitrogens with one attached hydrogen (secondary N) is 2. The molecule has 2 rings (SSSR count). The second-order valence-corrected chi connectivity index (χ2v) is 7.08. The van der Waals surface area contributed by atoms with Gasteiger partial charge < -0.3 is 5.32 Å². The maximum absolute atomic E-state index is 13.4. The Balaban J connectivity index is 1.82. The van der Waals surface area contributed by atoms with Gasteiger partial charge in [0, 0.05) is 18.4 Å². The van der Waals surface area contributed by atoms with Crippen LogP contribution in [0, 0.1) is 12.7 Å². The van der Waals surface area contributed by atoms with Crippen molar-refractivity contribution in [3.8, 4) is 0 Å². The highest BCUT2D eigenvalue weighted by Gasteiger charge is 2.09. The van der Waals surface area contributed by atoms with Crippen LogP contribution in [0.2, 0.25) is 0 Å². The van der Waals surface area contributed by atoms with Crippen molar-refractivity contribution in [1.29, 1.82) is 0 Å². The van der Waals surface area contributed by atoms with Crippen LogP contribution in [0.25, 0.3) is 6.08 Å². The van der Waals surface area contributed by atoms with Crippen LogP contribution < -0.4 is 10.0 Å². The summed E-state index contributed by atoms with van der Waals surface area (Å²) < 4.78 is 39.5. The van der Waals surface area contributed by atoms with Crippen molar-refractivity contribution in [2.45, 2.75) is 13.3 Å². The zero-order valence-corrected chi connectivity index (χ0v) is 14.5. The Morgan fingerprint density at radius 3 is 2.48 bits per heavy atom. The molecule has 1 amide bonds. The van der Waals surface area contributed by atoms with Crippen LogP contribution in [0.3, 0.4) is 0 Å². The molecule has 0 saturated carbocycles. The van der Waals surface area contributed by atoms with Gasteiger partial charge in [-0.05, 0) is 30.7 Å². The van der Waals surface area contributed by atoms with Crippen LogP contribution in [-0.2, 0) is 14.8 Å². The molecule has 0 aromatic heterocycles. The van der Waals surface area contributed by atoms with Gasteiger partial charge in [-0.2, -0.15) is 0 Å². The predicted octanol–water partition coefficient (Wildman–Crippen LogP) is 3.05. The Morgan fingerprint density at radius 2 is 1.80 bits per heavy atom. The van der Waals surface area contributed by atoms with Crippen LogP contribution in [0.15, 0.2) is 53.9 Å². The Morgan fingerprint density at radius 1 is 1.12 bits per heavy atom. The minimum atomic E-state index is -3.65. The SMILES string of the molecule is Cc1ccc(/C=C/S(=O)(=O)NCCC(=O)Nc2ccccc2F)cc1. The van der Waals surface area contributed by atoms with E-state index in [1.54, 1.807) is 6.07 Å². The number of amides is 1. The third-order valence-corrected chi connectivity index (χ3v) is 4.42. The van der Waals surface area contributed by atoms with Crippen molar-refractivity contribution < 1.29 is 17.6 Å². The maximum Gasteiger partial charge on any atom is 0.233 e. The first-order valence-corrected chi connectivity index (χ1v) is 9.19. The molecule has 0 aliphatic heterocycles. The Labute approximate surface area is 146 Å². The van der Waals surface area contributed by atoms with E-state index in [0.29, 0.717) is 0 Å². The van der Waals surface area contributed by atoms with Crippen molar-refractivity contribution in [2.75, 3.05) is 11.9 Å². The van der Waals surface area contributed by atoms with Gasteiger partial charge in [-0.25, -0.2) is 17.5 Å². The first-order chi connectivity index (χ1) is 11.9. The van der Waals surface area contributed by atoms with Crippen LogP contribution in [0.1, 0.15) is 17.5 Å². The van der Waals surface area contributed by atoms with Gasteiger partial charge in [-0.15, -0.1) is 0 Å². The minimum absolute atomic E-state index is 0.0645. The largest absolute Gasteiger partial charge is 0.324 e. The zero-order chi connectivity index (χ0) is 18.3. The van der Waals surface area contributed by atoms with E-state index >= 15 is 0 Å². The summed E-state index contributed by atoms with van der Waals surface area (Å²) in [4.78, 5) is 11.7. The monoisotopic (exact) mass is 362 g/mol. The standard InChI is InChI=1S/C18H19FN2O3S/c1-14-6-8-15(9-7-14)11-13-25(23,24)20-12-10-18(22)21-17-5-3-2-4-16(17)19/h2-9,11,13,20H,10,12H2,1H3,(H,21,22)/b13-11+. The molecule has 0 unspecified atom stereocenters. The van der Waals surface area contributed by atoms with E-state index < -0.39 is 21.7 Å². The Kier molecular flexibility index (Phi) is 6.44. The van der Waals surface area contributed by atoms with Gasteiger partial charge >= 0.3 is 0 Å². The molecule has 0 aliphatic rings. The molecule has 0 atom stereocenters. The Hall–Kier alpha value is -2.51. The van der Waals surface area contributed by atoms with Crippen LogP contribution in [-0.4, -0.2) is 20.9 Å². The van der Waals surface area contributed by atoms with Gasteiger partial charge in [0.1, 0.15) is 5.82 Å². The molecule has 0 spiro atoms.